The van der Waals surface area contributed by atoms with E-state index in [4.69, 9.17) is 4.99 Å². The van der Waals surface area contributed by atoms with Crippen molar-refractivity contribution in [1.82, 2.24) is 20.4 Å². The van der Waals surface area contributed by atoms with E-state index in [9.17, 15) is 4.39 Å². The molecule has 0 radical (unpaired) electrons. The number of guanidine groups is 1. The van der Waals surface area contributed by atoms with Crippen molar-refractivity contribution in [2.24, 2.45) is 4.99 Å². The zero-order valence-electron chi connectivity index (χ0n) is 18.0. The summed E-state index contributed by atoms with van der Waals surface area (Å²) in [6.45, 7) is 10.8. The highest BCUT2D eigenvalue weighted by atomic mass is 127. The van der Waals surface area contributed by atoms with E-state index in [0.717, 1.165) is 44.0 Å². The van der Waals surface area contributed by atoms with Crippen molar-refractivity contribution in [2.45, 2.75) is 58.8 Å². The van der Waals surface area contributed by atoms with Crippen LogP contribution in [0.1, 0.15) is 44.7 Å². The Morgan fingerprint density at radius 1 is 1.29 bits per heavy atom. The van der Waals surface area contributed by atoms with Gasteiger partial charge in [0, 0.05) is 43.8 Å². The van der Waals surface area contributed by atoms with Crippen LogP contribution in [0.5, 0.6) is 0 Å². The second kappa shape index (κ2) is 12.6. The number of rotatable bonds is 7. The average Bonchev–Trinajstić information content (AvgIpc) is 2.62. The molecular weight excluding hydrogens is 468 g/mol. The summed E-state index contributed by atoms with van der Waals surface area (Å²) in [5.41, 5.74) is 1.74. The fourth-order valence-electron chi connectivity index (χ4n) is 3.43. The van der Waals surface area contributed by atoms with Gasteiger partial charge in [0.25, 0.3) is 0 Å². The zero-order chi connectivity index (χ0) is 19.8. The van der Waals surface area contributed by atoms with E-state index in [1.54, 1.807) is 6.07 Å². The van der Waals surface area contributed by atoms with Crippen LogP contribution >= 0.6 is 24.0 Å². The minimum atomic E-state index is -0.154. The molecule has 5 nitrogen and oxygen atoms in total. The molecule has 2 N–H and O–H groups in total. The summed E-state index contributed by atoms with van der Waals surface area (Å²) < 4.78 is 14.0. The second-order valence-corrected chi connectivity index (χ2v) is 7.91. The Bertz CT molecular complexity index is 613. The summed E-state index contributed by atoms with van der Waals surface area (Å²) in [4.78, 5) is 9.22. The fraction of sp³-hybridized carbons (Fsp3) is 0.667. The number of hydrogen-bond acceptors (Lipinski definition) is 3. The van der Waals surface area contributed by atoms with Crippen molar-refractivity contribution in [3.63, 3.8) is 0 Å². The van der Waals surface area contributed by atoms with E-state index in [0.29, 0.717) is 30.7 Å². The van der Waals surface area contributed by atoms with Crippen molar-refractivity contribution in [2.75, 3.05) is 33.7 Å². The van der Waals surface area contributed by atoms with Crippen LogP contribution in [0.15, 0.2) is 23.2 Å². The van der Waals surface area contributed by atoms with Gasteiger partial charge in [-0.25, -0.2) is 9.38 Å². The smallest absolute Gasteiger partial charge is 0.191 e. The first-order valence-corrected chi connectivity index (χ1v) is 10.1. The molecule has 0 saturated carbocycles. The number of nitrogens with zero attached hydrogens (tertiary/aromatic N) is 3. The molecule has 0 bridgehead atoms. The van der Waals surface area contributed by atoms with Crippen LogP contribution < -0.4 is 10.6 Å². The summed E-state index contributed by atoms with van der Waals surface area (Å²) in [6, 6.07) is 6.36. The molecular formula is C21H37FIN5. The molecule has 1 aliphatic rings. The maximum Gasteiger partial charge on any atom is 0.191 e. The van der Waals surface area contributed by atoms with E-state index in [1.165, 1.54) is 0 Å². The van der Waals surface area contributed by atoms with Gasteiger partial charge in [-0.05, 0) is 65.4 Å². The fourth-order valence-corrected chi connectivity index (χ4v) is 3.43. The quantitative estimate of drug-likeness (QED) is 0.339. The van der Waals surface area contributed by atoms with Crippen LogP contribution in [0.4, 0.5) is 4.39 Å². The van der Waals surface area contributed by atoms with Gasteiger partial charge >= 0.3 is 0 Å². The van der Waals surface area contributed by atoms with Gasteiger partial charge in [-0.3, -0.25) is 0 Å². The molecule has 7 heteroatoms. The summed E-state index contributed by atoms with van der Waals surface area (Å²) in [6.07, 6.45) is 2.26. The number of nitrogens with one attached hydrogen (secondary N) is 2. The molecule has 1 aliphatic heterocycles. The first kappa shape index (κ1) is 25.1. The predicted molar refractivity (Wildman–Crippen MR) is 127 cm³/mol. The van der Waals surface area contributed by atoms with E-state index < -0.39 is 0 Å². The molecule has 0 unspecified atom stereocenters. The predicted octanol–water partition coefficient (Wildman–Crippen LogP) is 3.43. The molecule has 0 aliphatic carbocycles. The maximum absolute atomic E-state index is 14.0. The normalized spacial score (nSPS) is 16.4. The minimum absolute atomic E-state index is 0. The average molecular weight is 505 g/mol. The Morgan fingerprint density at radius 2 is 1.96 bits per heavy atom. The first-order valence-electron chi connectivity index (χ1n) is 10.1. The van der Waals surface area contributed by atoms with Gasteiger partial charge in [0.15, 0.2) is 5.96 Å². The summed E-state index contributed by atoms with van der Waals surface area (Å²) in [7, 11) is 3.89. The molecule has 1 heterocycles. The molecule has 0 aromatic heterocycles. The SMILES string of the molecule is CCNC(=NCc1ccc(F)c(CN(C)C)c1)NC1CCN(C(C)C)CC1.I. The number of halogens is 2. The highest BCUT2D eigenvalue weighted by Gasteiger charge is 2.21. The Hall–Kier alpha value is -0.930. The standard InChI is InChI=1S/C21H36FN5.HI/c1-6-23-21(25-19-9-11-27(12-10-19)16(2)3)24-14-17-7-8-20(22)18(13-17)15-26(4)5;/h7-8,13,16,19H,6,9-12,14-15H2,1-5H3,(H2,23,24,25);1H. The minimum Gasteiger partial charge on any atom is -0.357 e. The molecule has 1 fully saturated rings. The lowest BCUT2D eigenvalue weighted by molar-refractivity contribution is 0.167. The molecule has 1 saturated heterocycles. The molecule has 1 aromatic carbocycles. The number of hydrogen-bond donors (Lipinski definition) is 2. The van der Waals surface area contributed by atoms with Crippen molar-refractivity contribution in [3.05, 3.63) is 35.1 Å². The van der Waals surface area contributed by atoms with Gasteiger partial charge in [-0.1, -0.05) is 6.07 Å². The van der Waals surface area contributed by atoms with Gasteiger partial charge in [-0.15, -0.1) is 24.0 Å². The molecule has 0 amide bonds. The van der Waals surface area contributed by atoms with Crippen molar-refractivity contribution >= 4 is 29.9 Å². The summed E-state index contributed by atoms with van der Waals surface area (Å²) >= 11 is 0. The van der Waals surface area contributed by atoms with Crippen LogP contribution in [0.2, 0.25) is 0 Å². The van der Waals surface area contributed by atoms with E-state index in [2.05, 4.69) is 36.3 Å². The zero-order valence-corrected chi connectivity index (χ0v) is 20.3. The number of likely N-dealkylation sites (tertiary alicyclic amines) is 1. The lowest BCUT2D eigenvalue weighted by atomic mass is 10.0. The van der Waals surface area contributed by atoms with Crippen LogP contribution in [0.25, 0.3) is 0 Å². The van der Waals surface area contributed by atoms with Crippen LogP contribution in [-0.2, 0) is 13.1 Å². The first-order chi connectivity index (χ1) is 12.9. The van der Waals surface area contributed by atoms with Crippen molar-refractivity contribution in [3.8, 4) is 0 Å². The monoisotopic (exact) mass is 505 g/mol. The summed E-state index contributed by atoms with van der Waals surface area (Å²) in [5, 5.41) is 6.91. The number of aliphatic imine (C=N–C) groups is 1. The largest absolute Gasteiger partial charge is 0.357 e. The third kappa shape index (κ3) is 8.21. The Kier molecular flexibility index (Phi) is 11.3. The number of benzene rings is 1. The van der Waals surface area contributed by atoms with E-state index in [-0.39, 0.29) is 29.8 Å². The number of piperidine rings is 1. The van der Waals surface area contributed by atoms with Gasteiger partial charge in [-0.2, -0.15) is 0 Å². The Labute approximate surface area is 187 Å². The van der Waals surface area contributed by atoms with Gasteiger partial charge < -0.3 is 20.4 Å². The van der Waals surface area contributed by atoms with Crippen LogP contribution in [-0.4, -0.2) is 61.6 Å². The molecule has 2 rings (SSSR count). The Morgan fingerprint density at radius 3 is 2.54 bits per heavy atom. The molecule has 160 valence electrons. The van der Waals surface area contributed by atoms with Gasteiger partial charge in [0.1, 0.15) is 5.82 Å². The molecule has 28 heavy (non-hydrogen) atoms. The van der Waals surface area contributed by atoms with Gasteiger partial charge in [0.05, 0.1) is 6.54 Å². The highest BCUT2D eigenvalue weighted by molar-refractivity contribution is 14.0. The third-order valence-corrected chi connectivity index (χ3v) is 4.96. The summed E-state index contributed by atoms with van der Waals surface area (Å²) in [5.74, 6) is 0.692. The third-order valence-electron chi connectivity index (χ3n) is 4.96. The topological polar surface area (TPSA) is 42.9 Å². The van der Waals surface area contributed by atoms with Gasteiger partial charge in [0.2, 0.25) is 0 Å². The van der Waals surface area contributed by atoms with Crippen LogP contribution in [0, 0.1) is 5.82 Å². The molecule has 1 aromatic rings. The maximum atomic E-state index is 14.0. The highest BCUT2D eigenvalue weighted by Crippen LogP contribution is 2.14. The molecule has 0 atom stereocenters. The van der Waals surface area contributed by atoms with E-state index >= 15 is 0 Å². The lowest BCUT2D eigenvalue weighted by Crippen LogP contribution is -2.49. The second-order valence-electron chi connectivity index (χ2n) is 7.91. The molecule has 0 spiro atoms. The Balaban J connectivity index is 0.00000392. The van der Waals surface area contributed by atoms with Crippen molar-refractivity contribution < 1.29 is 4.39 Å². The van der Waals surface area contributed by atoms with Crippen LogP contribution in [0.3, 0.4) is 0 Å². The lowest BCUT2D eigenvalue weighted by Gasteiger charge is -2.35. The van der Waals surface area contributed by atoms with E-state index in [1.807, 2.05) is 31.1 Å². The van der Waals surface area contributed by atoms with Crippen molar-refractivity contribution in [1.29, 1.82) is 0 Å².